The van der Waals surface area contributed by atoms with Gasteiger partial charge in [-0.15, -0.1) is 0 Å². The van der Waals surface area contributed by atoms with Gasteiger partial charge in [-0.2, -0.15) is 0 Å². The Kier molecular flexibility index (Phi) is 6.48. The van der Waals surface area contributed by atoms with E-state index in [0.717, 1.165) is 28.9 Å². The molecule has 0 aliphatic carbocycles. The predicted octanol–water partition coefficient (Wildman–Crippen LogP) is 4.44. The fourth-order valence-electron chi connectivity index (χ4n) is 2.24. The molecule has 0 saturated heterocycles. The highest BCUT2D eigenvalue weighted by atomic mass is 35.5. The average molecular weight is 363 g/mol. The van der Waals surface area contributed by atoms with Crippen LogP contribution in [0.5, 0.6) is 0 Å². The number of nitrogens with one attached hydrogen (secondary N) is 2. The molecule has 0 bridgehead atoms. The van der Waals surface area contributed by atoms with Crippen molar-refractivity contribution in [3.8, 4) is 0 Å². The summed E-state index contributed by atoms with van der Waals surface area (Å²) in [5.41, 5.74) is 1.09. The van der Waals surface area contributed by atoms with Crippen molar-refractivity contribution in [2.45, 2.75) is 52.6 Å². The topological polar surface area (TPSA) is 62.5 Å². The molecular weight excluding hydrogens is 336 g/mol. The minimum Gasteiger partial charge on any atom is -0.443 e. The van der Waals surface area contributed by atoms with Crippen molar-refractivity contribution in [1.29, 1.82) is 0 Å². The molecule has 1 aromatic heterocycles. The Morgan fingerprint density at radius 2 is 1.96 bits per heavy atom. The Hall–Kier alpha value is -2.01. The zero-order valence-electron chi connectivity index (χ0n) is 15.6. The van der Waals surface area contributed by atoms with E-state index in [0.29, 0.717) is 12.4 Å². The second-order valence-corrected chi connectivity index (χ2v) is 7.42. The van der Waals surface area contributed by atoms with E-state index < -0.39 is 0 Å². The summed E-state index contributed by atoms with van der Waals surface area (Å²) in [7, 11) is 0. The first-order valence-corrected chi connectivity index (χ1v) is 8.93. The van der Waals surface area contributed by atoms with Crippen LogP contribution in [0.2, 0.25) is 5.02 Å². The summed E-state index contributed by atoms with van der Waals surface area (Å²) in [5, 5.41) is 7.36. The highest BCUT2D eigenvalue weighted by molar-refractivity contribution is 6.30. The number of hydrogen-bond acceptors (Lipinski definition) is 3. The molecule has 1 aromatic carbocycles. The SMILES string of the molecule is CCNC(=NCc1ncc(C(C)(C)C)o1)NC(C)c1ccc(Cl)cc1. The smallest absolute Gasteiger partial charge is 0.216 e. The first-order valence-electron chi connectivity index (χ1n) is 8.55. The summed E-state index contributed by atoms with van der Waals surface area (Å²) >= 11 is 5.95. The van der Waals surface area contributed by atoms with E-state index in [-0.39, 0.29) is 11.5 Å². The normalized spacial score (nSPS) is 13.6. The summed E-state index contributed by atoms with van der Waals surface area (Å²) in [6, 6.07) is 7.89. The second kappa shape index (κ2) is 8.39. The van der Waals surface area contributed by atoms with Crippen LogP contribution >= 0.6 is 11.6 Å². The van der Waals surface area contributed by atoms with Crippen molar-refractivity contribution in [3.05, 3.63) is 52.7 Å². The third-order valence-electron chi connectivity index (χ3n) is 3.73. The van der Waals surface area contributed by atoms with E-state index in [1.807, 2.05) is 31.2 Å². The van der Waals surface area contributed by atoms with Crippen molar-refractivity contribution in [1.82, 2.24) is 15.6 Å². The van der Waals surface area contributed by atoms with Gasteiger partial charge in [0.1, 0.15) is 12.3 Å². The molecule has 136 valence electrons. The van der Waals surface area contributed by atoms with Crippen LogP contribution in [0.4, 0.5) is 0 Å². The lowest BCUT2D eigenvalue weighted by Crippen LogP contribution is -2.38. The average Bonchev–Trinajstić information content (AvgIpc) is 3.02. The molecule has 0 amide bonds. The number of rotatable bonds is 5. The van der Waals surface area contributed by atoms with Gasteiger partial charge in [0, 0.05) is 17.0 Å². The molecular formula is C19H27ClN4O. The number of halogens is 1. The Balaban J connectivity index is 2.05. The van der Waals surface area contributed by atoms with Gasteiger partial charge in [0.05, 0.1) is 12.2 Å². The molecule has 2 aromatic rings. The van der Waals surface area contributed by atoms with Gasteiger partial charge in [0.15, 0.2) is 5.96 Å². The summed E-state index contributed by atoms with van der Waals surface area (Å²) in [6.45, 7) is 11.6. The highest BCUT2D eigenvalue weighted by Gasteiger charge is 2.19. The van der Waals surface area contributed by atoms with E-state index in [1.165, 1.54) is 0 Å². The molecule has 5 nitrogen and oxygen atoms in total. The largest absolute Gasteiger partial charge is 0.443 e. The third-order valence-corrected chi connectivity index (χ3v) is 3.98. The molecule has 1 atom stereocenters. The molecule has 1 unspecified atom stereocenters. The molecule has 2 N–H and O–H groups in total. The zero-order chi connectivity index (χ0) is 18.4. The maximum atomic E-state index is 5.95. The van der Waals surface area contributed by atoms with Crippen LogP contribution in [-0.4, -0.2) is 17.5 Å². The van der Waals surface area contributed by atoms with Crippen LogP contribution in [-0.2, 0) is 12.0 Å². The summed E-state index contributed by atoms with van der Waals surface area (Å²) < 4.78 is 5.79. The number of hydrogen-bond donors (Lipinski definition) is 2. The fourth-order valence-corrected chi connectivity index (χ4v) is 2.36. The minimum atomic E-state index is -0.0548. The number of benzene rings is 1. The van der Waals surface area contributed by atoms with Gasteiger partial charge < -0.3 is 15.1 Å². The lowest BCUT2D eigenvalue weighted by molar-refractivity contribution is 0.383. The predicted molar refractivity (Wildman–Crippen MR) is 103 cm³/mol. The van der Waals surface area contributed by atoms with Crippen molar-refractivity contribution in [2.75, 3.05) is 6.54 Å². The highest BCUT2D eigenvalue weighted by Crippen LogP contribution is 2.22. The van der Waals surface area contributed by atoms with Gasteiger partial charge in [-0.3, -0.25) is 0 Å². The number of aliphatic imine (C=N–C) groups is 1. The molecule has 0 aliphatic heterocycles. The maximum Gasteiger partial charge on any atom is 0.216 e. The molecule has 6 heteroatoms. The van der Waals surface area contributed by atoms with Crippen LogP contribution in [0, 0.1) is 0 Å². The Morgan fingerprint density at radius 1 is 1.28 bits per heavy atom. The zero-order valence-corrected chi connectivity index (χ0v) is 16.3. The Bertz CT molecular complexity index is 701. The van der Waals surface area contributed by atoms with Crippen molar-refractivity contribution >= 4 is 17.6 Å². The minimum absolute atomic E-state index is 0.0548. The summed E-state index contributed by atoms with van der Waals surface area (Å²) in [6.07, 6.45) is 1.78. The third kappa shape index (κ3) is 5.78. The van der Waals surface area contributed by atoms with Crippen molar-refractivity contribution < 1.29 is 4.42 Å². The molecule has 2 rings (SSSR count). The van der Waals surface area contributed by atoms with Gasteiger partial charge in [-0.05, 0) is 31.5 Å². The lowest BCUT2D eigenvalue weighted by atomic mass is 9.94. The molecule has 0 aliphatic rings. The van der Waals surface area contributed by atoms with Crippen LogP contribution in [0.3, 0.4) is 0 Å². The van der Waals surface area contributed by atoms with E-state index in [4.69, 9.17) is 16.0 Å². The standard InChI is InChI=1S/C19H27ClN4O/c1-6-21-18(24-13(2)14-7-9-15(20)10-8-14)23-12-17-22-11-16(25-17)19(3,4)5/h7-11,13H,6,12H2,1-5H3,(H2,21,23,24). The number of nitrogens with zero attached hydrogens (tertiary/aromatic N) is 2. The number of oxazole rings is 1. The molecule has 1 heterocycles. The molecule has 0 fully saturated rings. The summed E-state index contributed by atoms with van der Waals surface area (Å²) in [4.78, 5) is 8.89. The molecule has 25 heavy (non-hydrogen) atoms. The van der Waals surface area contributed by atoms with Gasteiger partial charge in [-0.1, -0.05) is 44.5 Å². The molecule has 0 saturated carbocycles. The molecule has 0 radical (unpaired) electrons. The van der Waals surface area contributed by atoms with E-state index >= 15 is 0 Å². The van der Waals surface area contributed by atoms with Crippen LogP contribution in [0.1, 0.15) is 57.9 Å². The Morgan fingerprint density at radius 3 is 2.52 bits per heavy atom. The van der Waals surface area contributed by atoms with Crippen LogP contribution < -0.4 is 10.6 Å². The summed E-state index contributed by atoms with van der Waals surface area (Å²) in [5.74, 6) is 2.20. The fraction of sp³-hybridized carbons (Fsp3) is 0.474. The number of aromatic nitrogens is 1. The van der Waals surface area contributed by atoms with Gasteiger partial charge >= 0.3 is 0 Å². The van der Waals surface area contributed by atoms with Gasteiger partial charge in [-0.25, -0.2) is 9.98 Å². The second-order valence-electron chi connectivity index (χ2n) is 6.98. The lowest BCUT2D eigenvalue weighted by Gasteiger charge is -2.18. The van der Waals surface area contributed by atoms with Crippen LogP contribution in [0.15, 0.2) is 39.9 Å². The number of guanidine groups is 1. The quantitative estimate of drug-likeness (QED) is 0.609. The van der Waals surface area contributed by atoms with Crippen molar-refractivity contribution in [3.63, 3.8) is 0 Å². The first-order chi connectivity index (χ1) is 11.8. The van der Waals surface area contributed by atoms with Crippen LogP contribution in [0.25, 0.3) is 0 Å². The van der Waals surface area contributed by atoms with Gasteiger partial charge in [0.2, 0.25) is 5.89 Å². The Labute approximate surface area is 154 Å². The van der Waals surface area contributed by atoms with E-state index in [2.05, 4.69) is 48.3 Å². The van der Waals surface area contributed by atoms with Crippen molar-refractivity contribution in [2.24, 2.45) is 4.99 Å². The molecule has 0 spiro atoms. The van der Waals surface area contributed by atoms with E-state index in [9.17, 15) is 0 Å². The maximum absolute atomic E-state index is 5.95. The van der Waals surface area contributed by atoms with Gasteiger partial charge in [0.25, 0.3) is 0 Å². The monoisotopic (exact) mass is 362 g/mol. The first kappa shape index (κ1) is 19.3. The van der Waals surface area contributed by atoms with E-state index in [1.54, 1.807) is 6.20 Å².